The van der Waals surface area contributed by atoms with Gasteiger partial charge >= 0.3 is 7.69 Å². The molecular weight excluding hydrogens is 515 g/mol. The van der Waals surface area contributed by atoms with Gasteiger partial charge in [0.15, 0.2) is 0 Å². The molecule has 0 heterocycles. The first kappa shape index (κ1) is 34.2. The van der Waals surface area contributed by atoms with E-state index < -0.39 is 0 Å². The molecule has 3 aromatic rings. The molecule has 0 saturated carbocycles. The van der Waals surface area contributed by atoms with Gasteiger partial charge in [-0.1, -0.05) is 87.0 Å². The predicted molar refractivity (Wildman–Crippen MR) is 169 cm³/mol. The molecule has 221 valence electrons. The van der Waals surface area contributed by atoms with E-state index in [4.69, 9.17) is 14.8 Å². The highest BCUT2D eigenvalue weighted by Crippen LogP contribution is 2.36. The summed E-state index contributed by atoms with van der Waals surface area (Å²) < 4.78 is 5.86. The first-order chi connectivity index (χ1) is 20.1. The Morgan fingerprint density at radius 3 is 1.98 bits per heavy atom. The summed E-state index contributed by atoms with van der Waals surface area (Å²) in [5, 5.41) is 37.0. The number of benzene rings is 3. The normalized spacial score (nSPS) is 12.3. The van der Waals surface area contributed by atoms with Crippen LogP contribution in [0.3, 0.4) is 0 Å². The number of hydrogen-bond acceptors (Lipinski definition) is 7. The van der Waals surface area contributed by atoms with E-state index in [1.54, 1.807) is 0 Å². The Morgan fingerprint density at radius 1 is 0.854 bits per heavy atom. The van der Waals surface area contributed by atoms with Gasteiger partial charge in [-0.15, -0.1) is 0 Å². The van der Waals surface area contributed by atoms with Crippen LogP contribution < -0.4 is 10.1 Å². The monoisotopic (exact) mass is 561 g/mol. The summed E-state index contributed by atoms with van der Waals surface area (Å²) in [4.78, 5) is 2.18. The third-order valence-corrected chi connectivity index (χ3v) is 6.93. The van der Waals surface area contributed by atoms with Crippen LogP contribution in [0.5, 0.6) is 5.75 Å². The van der Waals surface area contributed by atoms with E-state index in [-0.39, 0.29) is 26.9 Å². The highest BCUT2D eigenvalue weighted by atomic mass is 16.5. The molecule has 0 aliphatic rings. The van der Waals surface area contributed by atoms with Crippen LogP contribution >= 0.6 is 0 Å². The van der Waals surface area contributed by atoms with Crippen LogP contribution in [0.4, 0.5) is 0 Å². The third-order valence-electron chi connectivity index (χ3n) is 6.93. The van der Waals surface area contributed by atoms with Crippen molar-refractivity contribution in [2.45, 2.75) is 39.2 Å². The van der Waals surface area contributed by atoms with E-state index in [0.29, 0.717) is 13.2 Å². The minimum Gasteiger partial charge on any atom is -0.492 e. The number of nitrogens with zero attached hydrogens (tertiary/aromatic N) is 1. The van der Waals surface area contributed by atoms with Crippen LogP contribution in [-0.2, 0) is 0 Å². The van der Waals surface area contributed by atoms with E-state index in [1.165, 1.54) is 16.7 Å². The van der Waals surface area contributed by atoms with Gasteiger partial charge < -0.3 is 30.3 Å². The van der Waals surface area contributed by atoms with Crippen molar-refractivity contribution in [2.75, 3.05) is 46.5 Å². The first-order valence-electron chi connectivity index (χ1n) is 14.4. The molecule has 8 heteroatoms. The Kier molecular flexibility index (Phi) is 16.7. The SMILES string of the molecule is CCCCN(CCO)C(CO)c1ccc(C(=C(CC)c2ccccc2)c2ccc(OCCNC)cc2)cc1.O[B]O. The molecule has 0 fully saturated rings. The van der Waals surface area contributed by atoms with E-state index in [1.807, 2.05) is 25.2 Å². The van der Waals surface area contributed by atoms with Crippen molar-refractivity contribution >= 4 is 18.8 Å². The maximum Gasteiger partial charge on any atom is 0.482 e. The summed E-state index contributed by atoms with van der Waals surface area (Å²) in [7, 11) is 1.92. The third kappa shape index (κ3) is 10.7. The highest BCUT2D eigenvalue weighted by molar-refractivity contribution is 6.13. The lowest BCUT2D eigenvalue weighted by molar-refractivity contribution is 0.100. The maximum absolute atomic E-state index is 10.3. The molecule has 0 amide bonds. The van der Waals surface area contributed by atoms with Crippen LogP contribution in [0.2, 0.25) is 0 Å². The van der Waals surface area contributed by atoms with E-state index in [9.17, 15) is 10.2 Å². The Bertz CT molecular complexity index is 1120. The van der Waals surface area contributed by atoms with Crippen molar-refractivity contribution in [3.8, 4) is 5.75 Å². The highest BCUT2D eigenvalue weighted by Gasteiger charge is 2.20. The second kappa shape index (κ2) is 20.0. The molecule has 3 aromatic carbocycles. The smallest absolute Gasteiger partial charge is 0.482 e. The molecule has 7 nitrogen and oxygen atoms in total. The Balaban J connectivity index is 0.00000187. The first-order valence-corrected chi connectivity index (χ1v) is 14.4. The number of ether oxygens (including phenoxy) is 1. The number of aliphatic hydroxyl groups is 2. The van der Waals surface area contributed by atoms with Gasteiger partial charge in [0, 0.05) is 13.1 Å². The summed E-state index contributed by atoms with van der Waals surface area (Å²) >= 11 is 0. The minimum atomic E-state index is -0.135. The molecule has 3 rings (SSSR count). The van der Waals surface area contributed by atoms with Crippen molar-refractivity contribution in [1.82, 2.24) is 10.2 Å². The lowest BCUT2D eigenvalue weighted by atomic mass is 9.87. The number of allylic oxidation sites excluding steroid dienone is 1. The Hall–Kier alpha value is -2.98. The molecule has 41 heavy (non-hydrogen) atoms. The van der Waals surface area contributed by atoms with Crippen molar-refractivity contribution in [3.63, 3.8) is 0 Å². The van der Waals surface area contributed by atoms with Crippen LogP contribution in [0.1, 0.15) is 61.4 Å². The average Bonchev–Trinajstić information content (AvgIpc) is 3.01. The zero-order valence-corrected chi connectivity index (χ0v) is 24.7. The maximum atomic E-state index is 10.3. The second-order valence-electron chi connectivity index (χ2n) is 9.60. The topological polar surface area (TPSA) is 105 Å². The molecule has 1 unspecified atom stereocenters. The summed E-state index contributed by atoms with van der Waals surface area (Å²) in [6.07, 6.45) is 3.00. The molecule has 0 aliphatic heterocycles. The molecule has 5 N–H and O–H groups in total. The Labute approximate surface area is 246 Å². The number of rotatable bonds is 16. The summed E-state index contributed by atoms with van der Waals surface area (Å²) in [6.45, 7) is 7.29. The molecule has 1 atom stereocenters. The standard InChI is InChI=1S/C33H44N2O3.BH2O2/c1-4-6-21-35(22-23-36)32(25-37)27-12-14-28(15-13-27)33(31(5-2)26-10-8-7-9-11-26)29-16-18-30(19-17-29)38-24-20-34-3;2-1-3/h7-19,32,34,36-37H,4-6,20-25H2,1-3H3;2-3H. The summed E-state index contributed by atoms with van der Waals surface area (Å²) in [5.74, 6) is 0.860. The van der Waals surface area contributed by atoms with Gasteiger partial charge in [-0.3, -0.25) is 4.90 Å². The van der Waals surface area contributed by atoms with Gasteiger partial charge in [-0.2, -0.15) is 0 Å². The quantitative estimate of drug-likeness (QED) is 0.101. The van der Waals surface area contributed by atoms with Crippen molar-refractivity contribution in [2.24, 2.45) is 0 Å². The Morgan fingerprint density at radius 2 is 1.46 bits per heavy atom. The van der Waals surface area contributed by atoms with Gasteiger partial charge in [-0.05, 0) is 72.0 Å². The van der Waals surface area contributed by atoms with Gasteiger partial charge in [0.1, 0.15) is 12.4 Å². The largest absolute Gasteiger partial charge is 0.492 e. The molecule has 0 saturated heterocycles. The fraction of sp³-hybridized carbons (Fsp3) is 0.394. The zero-order valence-electron chi connectivity index (χ0n) is 24.7. The lowest BCUT2D eigenvalue weighted by Gasteiger charge is -2.30. The van der Waals surface area contributed by atoms with Crippen LogP contribution in [0.15, 0.2) is 78.9 Å². The summed E-state index contributed by atoms with van der Waals surface area (Å²) in [5.41, 5.74) is 7.04. The van der Waals surface area contributed by atoms with Gasteiger partial charge in [0.2, 0.25) is 0 Å². The predicted octanol–water partition coefficient (Wildman–Crippen LogP) is 4.29. The van der Waals surface area contributed by atoms with E-state index in [2.05, 4.69) is 84.7 Å². The molecule has 0 bridgehead atoms. The van der Waals surface area contributed by atoms with Crippen molar-refractivity contribution in [1.29, 1.82) is 0 Å². The number of hydrogen-bond donors (Lipinski definition) is 5. The molecular formula is C33H46BN2O5. The molecule has 0 aromatic heterocycles. The van der Waals surface area contributed by atoms with E-state index in [0.717, 1.165) is 54.8 Å². The number of aliphatic hydroxyl groups excluding tert-OH is 2. The van der Waals surface area contributed by atoms with Crippen LogP contribution in [-0.4, -0.2) is 79.3 Å². The number of unbranched alkanes of at least 4 members (excludes halogenated alkanes) is 1. The summed E-state index contributed by atoms with van der Waals surface area (Å²) in [6, 6.07) is 27.4. The molecule has 0 spiro atoms. The molecule has 1 radical (unpaired) electrons. The zero-order chi connectivity index (χ0) is 29.9. The fourth-order valence-electron chi connectivity index (χ4n) is 4.89. The van der Waals surface area contributed by atoms with Gasteiger partial charge in [0.25, 0.3) is 0 Å². The fourth-order valence-corrected chi connectivity index (χ4v) is 4.89. The van der Waals surface area contributed by atoms with Crippen LogP contribution in [0, 0.1) is 0 Å². The van der Waals surface area contributed by atoms with Gasteiger partial charge in [0.05, 0.1) is 19.3 Å². The van der Waals surface area contributed by atoms with Crippen molar-refractivity contribution in [3.05, 3.63) is 101 Å². The van der Waals surface area contributed by atoms with Crippen LogP contribution in [0.25, 0.3) is 11.1 Å². The average molecular weight is 562 g/mol. The molecule has 0 aliphatic carbocycles. The number of likely N-dealkylation sites (N-methyl/N-ethyl adjacent to an activating group) is 1. The minimum absolute atomic E-state index is 0. The van der Waals surface area contributed by atoms with Gasteiger partial charge in [-0.25, -0.2) is 0 Å². The van der Waals surface area contributed by atoms with E-state index >= 15 is 0 Å². The number of nitrogens with one attached hydrogen (secondary N) is 1. The van der Waals surface area contributed by atoms with Crippen molar-refractivity contribution < 1.29 is 25.0 Å². The lowest BCUT2D eigenvalue weighted by Crippen LogP contribution is -2.34. The second-order valence-corrected chi connectivity index (χ2v) is 9.60.